The number of nitrogens with one attached hydrogen (secondary N) is 1. The largest absolute Gasteiger partial charge is 0.352 e. The first-order chi connectivity index (χ1) is 12.7. The molecule has 0 atom stereocenters. The van der Waals surface area contributed by atoms with Crippen molar-refractivity contribution in [3.8, 4) is 0 Å². The summed E-state index contributed by atoms with van der Waals surface area (Å²) < 4.78 is 1.97. The predicted octanol–water partition coefficient (Wildman–Crippen LogP) is 3.99. The maximum atomic E-state index is 12.8. The van der Waals surface area contributed by atoms with Crippen LogP contribution < -0.4 is 10.7 Å². The van der Waals surface area contributed by atoms with Crippen molar-refractivity contribution in [2.75, 3.05) is 0 Å². The molecule has 1 aliphatic carbocycles. The first-order valence-electron chi connectivity index (χ1n) is 9.54. The molecule has 4 heteroatoms. The molecule has 3 aromatic rings. The van der Waals surface area contributed by atoms with Gasteiger partial charge in [-0.1, -0.05) is 49.9 Å². The average Bonchev–Trinajstić information content (AvgIpc) is 2.94. The van der Waals surface area contributed by atoms with E-state index in [1.54, 1.807) is 0 Å². The van der Waals surface area contributed by atoms with E-state index in [1.165, 1.54) is 25.7 Å². The number of hydrogen-bond donors (Lipinski definition) is 1. The highest BCUT2D eigenvalue weighted by atomic mass is 16.2. The molecule has 134 valence electrons. The third kappa shape index (κ3) is 3.24. The summed E-state index contributed by atoms with van der Waals surface area (Å²) in [7, 11) is 0. The summed E-state index contributed by atoms with van der Waals surface area (Å²) in [6.07, 6.45) is 7.04. The molecular formula is C22H24N2O2. The van der Waals surface area contributed by atoms with E-state index in [0.29, 0.717) is 10.8 Å². The highest BCUT2D eigenvalue weighted by Crippen LogP contribution is 2.20. The summed E-state index contributed by atoms with van der Waals surface area (Å²) >= 11 is 0. The summed E-state index contributed by atoms with van der Waals surface area (Å²) in [4.78, 5) is 25.5. The van der Waals surface area contributed by atoms with E-state index in [9.17, 15) is 9.59 Å². The SMILES string of the molecule is O=C(Cn1c2ccccc2c(=O)c2ccccc21)NC1CCCCCC1. The smallest absolute Gasteiger partial charge is 0.240 e. The molecule has 1 heterocycles. The number of para-hydroxylation sites is 2. The number of pyridine rings is 1. The van der Waals surface area contributed by atoms with Gasteiger partial charge in [-0.05, 0) is 37.1 Å². The fourth-order valence-electron chi connectivity index (χ4n) is 4.09. The van der Waals surface area contributed by atoms with Gasteiger partial charge in [0.05, 0.1) is 11.0 Å². The van der Waals surface area contributed by atoms with Gasteiger partial charge in [0, 0.05) is 16.8 Å². The highest BCUT2D eigenvalue weighted by Gasteiger charge is 2.17. The minimum absolute atomic E-state index is 0.0239. The van der Waals surface area contributed by atoms with Crippen LogP contribution >= 0.6 is 0 Å². The zero-order valence-corrected chi connectivity index (χ0v) is 14.9. The van der Waals surface area contributed by atoms with Crippen molar-refractivity contribution in [1.29, 1.82) is 0 Å². The Morgan fingerprint density at radius 3 is 2.00 bits per heavy atom. The Balaban J connectivity index is 1.71. The molecule has 1 aromatic heterocycles. The van der Waals surface area contributed by atoms with Gasteiger partial charge in [-0.25, -0.2) is 0 Å². The number of nitrogens with zero attached hydrogens (tertiary/aromatic N) is 1. The quantitative estimate of drug-likeness (QED) is 0.575. The van der Waals surface area contributed by atoms with Gasteiger partial charge in [0.25, 0.3) is 0 Å². The monoisotopic (exact) mass is 348 g/mol. The number of benzene rings is 2. The number of hydrogen-bond acceptors (Lipinski definition) is 2. The molecule has 1 fully saturated rings. The molecule has 1 aliphatic rings. The third-order valence-electron chi connectivity index (χ3n) is 5.40. The van der Waals surface area contributed by atoms with Crippen LogP contribution in [0.2, 0.25) is 0 Å². The Morgan fingerprint density at radius 1 is 0.885 bits per heavy atom. The van der Waals surface area contributed by atoms with E-state index >= 15 is 0 Å². The zero-order chi connectivity index (χ0) is 17.9. The van der Waals surface area contributed by atoms with Crippen molar-refractivity contribution in [2.45, 2.75) is 51.1 Å². The maximum absolute atomic E-state index is 12.8. The maximum Gasteiger partial charge on any atom is 0.240 e. The van der Waals surface area contributed by atoms with Crippen LogP contribution in [0.15, 0.2) is 53.3 Å². The predicted molar refractivity (Wildman–Crippen MR) is 105 cm³/mol. The molecule has 2 aromatic carbocycles. The molecule has 0 saturated heterocycles. The number of amides is 1. The summed E-state index contributed by atoms with van der Waals surface area (Å²) in [6, 6.07) is 15.4. The topological polar surface area (TPSA) is 51.1 Å². The van der Waals surface area contributed by atoms with Crippen molar-refractivity contribution in [3.05, 3.63) is 58.8 Å². The molecule has 1 N–H and O–H groups in total. The Bertz CT molecular complexity index is 938. The lowest BCUT2D eigenvalue weighted by atomic mass is 10.1. The van der Waals surface area contributed by atoms with E-state index in [4.69, 9.17) is 0 Å². The van der Waals surface area contributed by atoms with E-state index in [-0.39, 0.29) is 23.9 Å². The number of carbonyl (C=O) groups is 1. The van der Waals surface area contributed by atoms with Crippen LogP contribution in [0, 0.1) is 0 Å². The van der Waals surface area contributed by atoms with E-state index in [1.807, 2.05) is 53.1 Å². The second-order valence-corrected chi connectivity index (χ2v) is 7.21. The first-order valence-corrected chi connectivity index (χ1v) is 9.54. The standard InChI is InChI=1S/C22H24N2O2/c25-21(23-16-9-3-1-2-4-10-16)15-24-19-13-7-5-11-17(19)22(26)18-12-6-8-14-20(18)24/h5-8,11-14,16H,1-4,9-10,15H2,(H,23,25). The molecule has 1 amide bonds. The van der Waals surface area contributed by atoms with Gasteiger partial charge >= 0.3 is 0 Å². The number of aromatic nitrogens is 1. The lowest BCUT2D eigenvalue weighted by Gasteiger charge is -2.19. The Morgan fingerprint density at radius 2 is 1.42 bits per heavy atom. The minimum Gasteiger partial charge on any atom is -0.352 e. The number of rotatable bonds is 3. The summed E-state index contributed by atoms with van der Waals surface area (Å²) in [5.74, 6) is 0.0239. The molecule has 0 spiro atoms. The van der Waals surface area contributed by atoms with Crippen LogP contribution in [0.25, 0.3) is 21.8 Å². The normalized spacial score (nSPS) is 15.8. The van der Waals surface area contributed by atoms with Crippen molar-refractivity contribution in [2.24, 2.45) is 0 Å². The number of fused-ring (bicyclic) bond motifs is 2. The van der Waals surface area contributed by atoms with Crippen LogP contribution in [0.4, 0.5) is 0 Å². The lowest BCUT2D eigenvalue weighted by Crippen LogP contribution is -2.37. The molecule has 0 radical (unpaired) electrons. The summed E-state index contributed by atoms with van der Waals surface area (Å²) in [5.41, 5.74) is 1.65. The van der Waals surface area contributed by atoms with Crippen LogP contribution in [0.3, 0.4) is 0 Å². The fourth-order valence-corrected chi connectivity index (χ4v) is 4.09. The third-order valence-corrected chi connectivity index (χ3v) is 5.40. The molecule has 4 rings (SSSR count). The summed E-state index contributed by atoms with van der Waals surface area (Å²) in [5, 5.41) is 4.53. The van der Waals surface area contributed by atoms with Crippen molar-refractivity contribution in [3.63, 3.8) is 0 Å². The Labute approximate surface area is 152 Å². The van der Waals surface area contributed by atoms with Gasteiger partial charge in [-0.3, -0.25) is 9.59 Å². The zero-order valence-electron chi connectivity index (χ0n) is 14.9. The highest BCUT2D eigenvalue weighted by molar-refractivity contribution is 5.94. The van der Waals surface area contributed by atoms with Gasteiger partial charge in [-0.15, -0.1) is 0 Å². The van der Waals surface area contributed by atoms with Crippen molar-refractivity contribution < 1.29 is 4.79 Å². The molecular weight excluding hydrogens is 324 g/mol. The van der Waals surface area contributed by atoms with Gasteiger partial charge < -0.3 is 9.88 Å². The fraction of sp³-hybridized carbons (Fsp3) is 0.364. The van der Waals surface area contributed by atoms with Crippen molar-refractivity contribution in [1.82, 2.24) is 9.88 Å². The molecule has 0 aliphatic heterocycles. The molecule has 0 unspecified atom stereocenters. The minimum atomic E-state index is 0.0239. The summed E-state index contributed by atoms with van der Waals surface area (Å²) in [6.45, 7) is 0.234. The van der Waals surface area contributed by atoms with Crippen molar-refractivity contribution >= 4 is 27.7 Å². The molecule has 0 bridgehead atoms. The molecule has 4 nitrogen and oxygen atoms in total. The van der Waals surface area contributed by atoms with Crippen LogP contribution in [-0.2, 0) is 11.3 Å². The van der Waals surface area contributed by atoms with Crippen LogP contribution in [0.5, 0.6) is 0 Å². The van der Waals surface area contributed by atoms with E-state index < -0.39 is 0 Å². The Kier molecular flexibility index (Phi) is 4.74. The van der Waals surface area contributed by atoms with Gasteiger partial charge in [0.15, 0.2) is 5.43 Å². The van der Waals surface area contributed by atoms with Gasteiger partial charge in [0.2, 0.25) is 5.91 Å². The second-order valence-electron chi connectivity index (χ2n) is 7.21. The first kappa shape index (κ1) is 16.8. The Hall–Kier alpha value is -2.62. The second kappa shape index (κ2) is 7.32. The molecule has 26 heavy (non-hydrogen) atoms. The van der Waals surface area contributed by atoms with Crippen LogP contribution in [-0.4, -0.2) is 16.5 Å². The lowest BCUT2D eigenvalue weighted by molar-refractivity contribution is -0.122. The number of carbonyl (C=O) groups excluding carboxylic acids is 1. The van der Waals surface area contributed by atoms with E-state index in [0.717, 1.165) is 23.9 Å². The van der Waals surface area contributed by atoms with E-state index in [2.05, 4.69) is 5.32 Å². The van der Waals surface area contributed by atoms with Gasteiger partial charge in [0.1, 0.15) is 6.54 Å². The van der Waals surface area contributed by atoms with Gasteiger partial charge in [-0.2, -0.15) is 0 Å². The average molecular weight is 348 g/mol. The molecule has 1 saturated carbocycles. The van der Waals surface area contributed by atoms with Crippen LogP contribution in [0.1, 0.15) is 38.5 Å².